The van der Waals surface area contributed by atoms with Gasteiger partial charge in [0, 0.05) is 13.1 Å². The van der Waals surface area contributed by atoms with Crippen molar-refractivity contribution in [2.24, 2.45) is 11.8 Å². The van der Waals surface area contributed by atoms with Gasteiger partial charge in [-0.15, -0.1) is 11.3 Å². The largest absolute Gasteiger partial charge is 0.350 e. The predicted molar refractivity (Wildman–Crippen MR) is 132 cm³/mol. The Labute approximate surface area is 202 Å². The molecule has 0 bridgehead atoms. The molecular weight excluding hydrogens is 454 g/mol. The first kappa shape index (κ1) is 22.1. The molecule has 170 valence electrons. The van der Waals surface area contributed by atoms with Gasteiger partial charge in [0.2, 0.25) is 0 Å². The average Bonchev–Trinajstić information content (AvgIpc) is 3.30. The summed E-state index contributed by atoms with van der Waals surface area (Å²) in [5.74, 6) is 0.700. The molecule has 5 nitrogen and oxygen atoms in total. The third-order valence-corrected chi connectivity index (χ3v) is 8.21. The van der Waals surface area contributed by atoms with Crippen molar-refractivity contribution in [3.63, 3.8) is 0 Å². The van der Waals surface area contributed by atoms with Crippen LogP contribution < -0.4 is 5.32 Å². The van der Waals surface area contributed by atoms with Crippen LogP contribution in [-0.2, 0) is 0 Å². The number of carbonyl (C=O) groups is 2. The first-order chi connectivity index (χ1) is 15.8. The van der Waals surface area contributed by atoms with Crippen LogP contribution in [-0.4, -0.2) is 40.8 Å². The van der Waals surface area contributed by atoms with Crippen LogP contribution in [0.15, 0.2) is 42.5 Å². The molecule has 5 rings (SSSR count). The third-order valence-electron chi connectivity index (χ3n) is 6.69. The van der Waals surface area contributed by atoms with Crippen molar-refractivity contribution in [1.82, 2.24) is 15.2 Å². The fourth-order valence-electron chi connectivity index (χ4n) is 4.87. The number of aryl methyl sites for hydroxylation is 3. The Morgan fingerprint density at radius 3 is 2.76 bits per heavy atom. The van der Waals surface area contributed by atoms with Crippen molar-refractivity contribution in [2.45, 2.75) is 33.2 Å². The van der Waals surface area contributed by atoms with Gasteiger partial charge in [0.1, 0.15) is 5.69 Å². The standard InChI is InChI=1S/C26H26ClN3O2S/c1-14-6-4-8-17(10-14)24-23(29-16(3)33-24)26(32)30-13-18-11-20(18)21(30)12-28-25(31)19-9-5-7-15(2)22(19)27/h4-10,18,20-21H,11-13H2,1-3H3,(H,28,31)/t18-,20?,21-/m1/s1. The Balaban J connectivity index is 1.36. The summed E-state index contributed by atoms with van der Waals surface area (Å²) in [6.07, 6.45) is 1.11. The van der Waals surface area contributed by atoms with E-state index in [0.717, 1.165) is 39.5 Å². The molecule has 1 N–H and O–H groups in total. The van der Waals surface area contributed by atoms with Gasteiger partial charge in [0.25, 0.3) is 11.8 Å². The summed E-state index contributed by atoms with van der Waals surface area (Å²) in [5.41, 5.74) is 4.02. The van der Waals surface area contributed by atoms with Crippen LogP contribution in [0.25, 0.3) is 10.4 Å². The molecule has 33 heavy (non-hydrogen) atoms. The second kappa shape index (κ2) is 8.58. The Bertz CT molecular complexity index is 1250. The van der Waals surface area contributed by atoms with Gasteiger partial charge in [0.05, 0.1) is 26.5 Å². The highest BCUT2D eigenvalue weighted by Gasteiger charge is 2.54. The van der Waals surface area contributed by atoms with Crippen LogP contribution in [0.1, 0.15) is 43.4 Å². The quantitative estimate of drug-likeness (QED) is 0.541. The van der Waals surface area contributed by atoms with E-state index in [9.17, 15) is 9.59 Å². The SMILES string of the molecule is Cc1cccc(-c2sc(C)nc2C(=O)N2C[C@H]3CC3[C@H]2CNC(=O)c2cccc(C)c2Cl)c1. The molecule has 3 aromatic rings. The molecule has 1 unspecified atom stereocenters. The Hall–Kier alpha value is -2.70. The van der Waals surface area contributed by atoms with Gasteiger partial charge in [-0.3, -0.25) is 9.59 Å². The summed E-state index contributed by atoms with van der Waals surface area (Å²) < 4.78 is 0. The molecule has 0 radical (unpaired) electrons. The minimum atomic E-state index is -0.204. The van der Waals surface area contributed by atoms with Crippen LogP contribution in [0.5, 0.6) is 0 Å². The number of piperidine rings is 1. The number of hydrogen-bond acceptors (Lipinski definition) is 4. The Morgan fingerprint density at radius 1 is 1.18 bits per heavy atom. The maximum Gasteiger partial charge on any atom is 0.274 e. The van der Waals surface area contributed by atoms with E-state index in [0.29, 0.717) is 34.7 Å². The first-order valence-corrected chi connectivity index (χ1v) is 12.4. The number of likely N-dealkylation sites (tertiary alicyclic amines) is 1. The minimum absolute atomic E-state index is 0.0256. The lowest BCUT2D eigenvalue weighted by Gasteiger charge is -2.27. The van der Waals surface area contributed by atoms with Crippen LogP contribution in [0.4, 0.5) is 0 Å². The third kappa shape index (κ3) is 4.18. The number of thiazole rings is 1. The summed E-state index contributed by atoms with van der Waals surface area (Å²) in [4.78, 5) is 33.9. The fourth-order valence-corrected chi connectivity index (χ4v) is 5.99. The fraction of sp³-hybridized carbons (Fsp3) is 0.346. The molecule has 2 fully saturated rings. The van der Waals surface area contributed by atoms with Crippen molar-refractivity contribution in [3.05, 3.63) is 74.9 Å². The first-order valence-electron chi connectivity index (χ1n) is 11.2. The van der Waals surface area contributed by atoms with E-state index in [4.69, 9.17) is 11.6 Å². The zero-order valence-electron chi connectivity index (χ0n) is 18.9. The smallest absolute Gasteiger partial charge is 0.274 e. The summed E-state index contributed by atoms with van der Waals surface area (Å²) >= 11 is 7.89. The zero-order valence-corrected chi connectivity index (χ0v) is 20.5. The van der Waals surface area contributed by atoms with E-state index < -0.39 is 0 Å². The lowest BCUT2D eigenvalue weighted by Crippen LogP contribution is -2.45. The van der Waals surface area contributed by atoms with Crippen LogP contribution >= 0.6 is 22.9 Å². The summed E-state index contributed by atoms with van der Waals surface area (Å²) in [6.45, 7) is 7.00. The van der Waals surface area contributed by atoms with Gasteiger partial charge in [-0.1, -0.05) is 53.6 Å². The Kier molecular flexibility index (Phi) is 5.75. The molecule has 2 aromatic carbocycles. The van der Waals surface area contributed by atoms with Crippen molar-refractivity contribution in [3.8, 4) is 10.4 Å². The normalized spacial score (nSPS) is 21.1. The van der Waals surface area contributed by atoms with E-state index in [-0.39, 0.29) is 17.9 Å². The molecule has 1 aromatic heterocycles. The molecule has 2 amide bonds. The number of halogens is 1. The van der Waals surface area contributed by atoms with Gasteiger partial charge in [-0.25, -0.2) is 4.98 Å². The number of benzene rings is 2. The molecule has 1 saturated carbocycles. The van der Waals surface area contributed by atoms with Gasteiger partial charge in [0.15, 0.2) is 0 Å². The van der Waals surface area contributed by atoms with E-state index in [1.165, 1.54) is 0 Å². The highest BCUT2D eigenvalue weighted by molar-refractivity contribution is 7.15. The number of amides is 2. The van der Waals surface area contributed by atoms with Crippen LogP contribution in [0, 0.1) is 32.6 Å². The number of hydrogen-bond donors (Lipinski definition) is 1. The summed E-state index contributed by atoms with van der Waals surface area (Å²) in [5, 5.41) is 4.37. The lowest BCUT2D eigenvalue weighted by atomic mass is 10.1. The molecule has 1 aliphatic carbocycles. The molecule has 3 atom stereocenters. The Morgan fingerprint density at radius 2 is 1.97 bits per heavy atom. The van der Waals surface area contributed by atoms with Crippen LogP contribution in [0.2, 0.25) is 5.02 Å². The minimum Gasteiger partial charge on any atom is -0.350 e. The number of nitrogens with zero attached hydrogens (tertiary/aromatic N) is 2. The second-order valence-corrected chi connectivity index (χ2v) is 10.7. The van der Waals surface area contributed by atoms with Gasteiger partial charge in [-0.05, 0) is 56.2 Å². The van der Waals surface area contributed by atoms with Gasteiger partial charge in [-0.2, -0.15) is 0 Å². The van der Waals surface area contributed by atoms with Crippen molar-refractivity contribution >= 4 is 34.8 Å². The van der Waals surface area contributed by atoms with Crippen LogP contribution in [0.3, 0.4) is 0 Å². The monoisotopic (exact) mass is 479 g/mol. The predicted octanol–water partition coefficient (Wildman–Crippen LogP) is 5.28. The highest BCUT2D eigenvalue weighted by Crippen LogP contribution is 2.50. The van der Waals surface area contributed by atoms with E-state index in [1.807, 2.05) is 56.0 Å². The number of nitrogens with one attached hydrogen (secondary N) is 1. The zero-order chi connectivity index (χ0) is 23.3. The molecule has 2 aliphatic rings. The molecule has 2 heterocycles. The van der Waals surface area contributed by atoms with Gasteiger partial charge < -0.3 is 10.2 Å². The van der Waals surface area contributed by atoms with E-state index in [1.54, 1.807) is 17.4 Å². The number of carbonyl (C=O) groups excluding carboxylic acids is 2. The van der Waals surface area contributed by atoms with Crippen molar-refractivity contribution < 1.29 is 9.59 Å². The second-order valence-electron chi connectivity index (χ2n) is 9.11. The maximum absolute atomic E-state index is 13.7. The maximum atomic E-state index is 13.7. The molecule has 1 saturated heterocycles. The molecule has 7 heteroatoms. The van der Waals surface area contributed by atoms with Crippen molar-refractivity contribution in [1.29, 1.82) is 0 Å². The number of aromatic nitrogens is 1. The topological polar surface area (TPSA) is 62.3 Å². The number of rotatable bonds is 5. The van der Waals surface area contributed by atoms with Gasteiger partial charge >= 0.3 is 0 Å². The summed E-state index contributed by atoms with van der Waals surface area (Å²) in [7, 11) is 0. The number of fused-ring (bicyclic) bond motifs is 1. The molecular formula is C26H26ClN3O2S. The average molecular weight is 480 g/mol. The lowest BCUT2D eigenvalue weighted by molar-refractivity contribution is 0.0690. The molecule has 1 aliphatic heterocycles. The van der Waals surface area contributed by atoms with E-state index in [2.05, 4.69) is 16.4 Å². The molecule has 0 spiro atoms. The summed E-state index contributed by atoms with van der Waals surface area (Å²) in [6, 6.07) is 13.6. The highest BCUT2D eigenvalue weighted by atomic mass is 35.5. The van der Waals surface area contributed by atoms with E-state index >= 15 is 0 Å². The van der Waals surface area contributed by atoms with Crippen molar-refractivity contribution in [2.75, 3.05) is 13.1 Å².